The predicted octanol–water partition coefficient (Wildman–Crippen LogP) is 6.73. The third-order valence-electron chi connectivity index (χ3n) is 4.32. The van der Waals surface area contributed by atoms with Crippen molar-refractivity contribution in [3.8, 4) is 0 Å². The summed E-state index contributed by atoms with van der Waals surface area (Å²) >= 11 is 0. The van der Waals surface area contributed by atoms with Crippen molar-refractivity contribution in [2.24, 2.45) is 5.92 Å². The Morgan fingerprint density at radius 1 is 0.560 bits per heavy atom. The molecule has 4 heteroatoms. The second-order valence-corrected chi connectivity index (χ2v) is 9.47. The van der Waals surface area contributed by atoms with Gasteiger partial charge in [-0.3, -0.25) is 0 Å². The minimum atomic E-state index is -0.471. The third-order valence-corrected chi connectivity index (χ3v) is 4.32. The molecule has 0 radical (unpaired) electrons. The van der Waals surface area contributed by atoms with Gasteiger partial charge in [0.1, 0.15) is 0 Å². The van der Waals surface area contributed by atoms with Crippen LogP contribution in [0, 0.1) is 5.92 Å². The fourth-order valence-corrected chi connectivity index (χ4v) is 3.02. The minimum absolute atomic E-state index is 0.309. The van der Waals surface area contributed by atoms with E-state index < -0.39 is 6.29 Å². The Kier molecular flexibility index (Phi) is 10.6. The molecule has 0 atom stereocenters. The SMILES string of the molecule is CC(C)(C)OOC(OOC(C)(C)C)C1CCCCCCCCCCC1. The zero-order valence-corrected chi connectivity index (χ0v) is 17.6. The molecule has 0 aromatic rings. The molecule has 1 fully saturated rings. The first-order chi connectivity index (χ1) is 11.7. The molecule has 0 aromatic heterocycles. The average Bonchev–Trinajstić information content (AvgIpc) is 2.46. The molecule has 0 heterocycles. The van der Waals surface area contributed by atoms with Crippen LogP contribution in [0.15, 0.2) is 0 Å². The highest BCUT2D eigenvalue weighted by molar-refractivity contribution is 4.66. The molecule has 0 aromatic carbocycles. The monoisotopic (exact) mass is 358 g/mol. The largest absolute Gasteiger partial charge is 0.228 e. The lowest BCUT2D eigenvalue weighted by atomic mass is 9.92. The summed E-state index contributed by atoms with van der Waals surface area (Å²) in [5.41, 5.74) is -0.733. The van der Waals surface area contributed by atoms with Crippen LogP contribution in [0.4, 0.5) is 0 Å². The van der Waals surface area contributed by atoms with E-state index in [2.05, 4.69) is 0 Å². The van der Waals surface area contributed by atoms with E-state index in [-0.39, 0.29) is 11.2 Å². The van der Waals surface area contributed by atoms with Gasteiger partial charge in [0.25, 0.3) is 0 Å². The first-order valence-corrected chi connectivity index (χ1v) is 10.4. The molecule has 1 aliphatic carbocycles. The van der Waals surface area contributed by atoms with Crippen LogP contribution in [0.5, 0.6) is 0 Å². The van der Waals surface area contributed by atoms with E-state index in [9.17, 15) is 0 Å². The summed E-state index contributed by atoms with van der Waals surface area (Å²) in [5, 5.41) is 0. The van der Waals surface area contributed by atoms with Crippen LogP contribution < -0.4 is 0 Å². The molecule has 4 nitrogen and oxygen atoms in total. The van der Waals surface area contributed by atoms with Crippen LogP contribution in [0.1, 0.15) is 112 Å². The van der Waals surface area contributed by atoms with Gasteiger partial charge in [-0.1, -0.05) is 57.8 Å². The first kappa shape index (κ1) is 22.9. The highest BCUT2D eigenvalue weighted by Crippen LogP contribution is 2.28. The Morgan fingerprint density at radius 3 is 1.20 bits per heavy atom. The lowest BCUT2D eigenvalue weighted by Crippen LogP contribution is -2.34. The van der Waals surface area contributed by atoms with Gasteiger partial charge >= 0.3 is 0 Å². The van der Waals surface area contributed by atoms with Crippen LogP contribution in [0.3, 0.4) is 0 Å². The maximum absolute atomic E-state index is 5.72. The van der Waals surface area contributed by atoms with Crippen molar-refractivity contribution in [2.45, 2.75) is 130 Å². The second-order valence-electron chi connectivity index (χ2n) is 9.47. The van der Waals surface area contributed by atoms with Crippen molar-refractivity contribution in [1.29, 1.82) is 0 Å². The average molecular weight is 359 g/mol. The lowest BCUT2D eigenvalue weighted by Gasteiger charge is -2.30. The predicted molar refractivity (Wildman–Crippen MR) is 102 cm³/mol. The van der Waals surface area contributed by atoms with E-state index in [1.165, 1.54) is 57.8 Å². The molecule has 0 N–H and O–H groups in total. The van der Waals surface area contributed by atoms with Crippen LogP contribution >= 0.6 is 0 Å². The molecule has 0 spiro atoms. The molecule has 0 bridgehead atoms. The smallest absolute Gasteiger partial charge is 0.227 e. The Balaban J connectivity index is 2.66. The highest BCUT2D eigenvalue weighted by atomic mass is 17.3. The van der Waals surface area contributed by atoms with Gasteiger partial charge in [-0.15, -0.1) is 0 Å². The normalized spacial score (nSPS) is 20.3. The van der Waals surface area contributed by atoms with Crippen molar-refractivity contribution in [3.05, 3.63) is 0 Å². The van der Waals surface area contributed by atoms with Gasteiger partial charge in [-0.25, -0.2) is 19.6 Å². The Morgan fingerprint density at radius 2 is 0.880 bits per heavy atom. The van der Waals surface area contributed by atoms with Crippen molar-refractivity contribution in [3.63, 3.8) is 0 Å². The summed E-state index contributed by atoms with van der Waals surface area (Å²) < 4.78 is 0. The van der Waals surface area contributed by atoms with E-state index in [1.807, 2.05) is 41.5 Å². The molecular weight excluding hydrogens is 316 g/mol. The molecule has 0 saturated heterocycles. The molecule has 1 saturated carbocycles. The zero-order chi connectivity index (χ0) is 18.8. The molecule has 0 aliphatic heterocycles. The van der Waals surface area contributed by atoms with Gasteiger partial charge < -0.3 is 0 Å². The fraction of sp³-hybridized carbons (Fsp3) is 1.00. The van der Waals surface area contributed by atoms with Gasteiger partial charge in [0.2, 0.25) is 6.29 Å². The van der Waals surface area contributed by atoms with Crippen molar-refractivity contribution >= 4 is 0 Å². The van der Waals surface area contributed by atoms with E-state index in [0.717, 1.165) is 12.8 Å². The Bertz CT molecular complexity index is 300. The van der Waals surface area contributed by atoms with Crippen LogP contribution in [-0.2, 0) is 19.6 Å². The molecule has 1 aliphatic rings. The van der Waals surface area contributed by atoms with Gasteiger partial charge in [-0.2, -0.15) is 0 Å². The molecule has 150 valence electrons. The Hall–Kier alpha value is -0.160. The minimum Gasteiger partial charge on any atom is -0.228 e. The highest BCUT2D eigenvalue weighted by Gasteiger charge is 2.29. The molecule has 0 unspecified atom stereocenters. The standard InChI is InChI=1S/C21H42O4/c1-20(2,3)24-22-19(23-25-21(4,5)6)18-16-14-12-10-8-7-9-11-13-15-17-18/h18-19H,7-17H2,1-6H3. The van der Waals surface area contributed by atoms with Crippen LogP contribution in [0.25, 0.3) is 0 Å². The van der Waals surface area contributed by atoms with Crippen molar-refractivity contribution in [2.75, 3.05) is 0 Å². The molecular formula is C21H42O4. The molecule has 0 amide bonds. The van der Waals surface area contributed by atoms with Gasteiger partial charge in [0.05, 0.1) is 11.2 Å². The van der Waals surface area contributed by atoms with E-state index in [4.69, 9.17) is 19.6 Å². The first-order valence-electron chi connectivity index (χ1n) is 10.4. The maximum Gasteiger partial charge on any atom is 0.227 e. The van der Waals surface area contributed by atoms with Gasteiger partial charge in [-0.05, 0) is 54.4 Å². The Labute approximate surface area is 155 Å². The van der Waals surface area contributed by atoms with Crippen LogP contribution in [0.2, 0.25) is 0 Å². The van der Waals surface area contributed by atoms with E-state index in [0.29, 0.717) is 5.92 Å². The number of hydrogen-bond donors (Lipinski definition) is 0. The van der Waals surface area contributed by atoms with Crippen molar-refractivity contribution < 1.29 is 19.6 Å². The van der Waals surface area contributed by atoms with Crippen LogP contribution in [-0.4, -0.2) is 17.5 Å². The maximum atomic E-state index is 5.72. The summed E-state index contributed by atoms with van der Waals surface area (Å²) in [6, 6.07) is 0. The molecule has 1 rings (SSSR count). The quantitative estimate of drug-likeness (QED) is 0.310. The summed E-state index contributed by atoms with van der Waals surface area (Å²) in [6.07, 6.45) is 13.6. The summed E-state index contributed by atoms with van der Waals surface area (Å²) in [5.74, 6) is 0.309. The molecule has 25 heavy (non-hydrogen) atoms. The summed E-state index contributed by atoms with van der Waals surface area (Å²) in [4.78, 5) is 22.6. The van der Waals surface area contributed by atoms with Gasteiger partial charge in [0.15, 0.2) is 0 Å². The van der Waals surface area contributed by atoms with E-state index in [1.54, 1.807) is 0 Å². The van der Waals surface area contributed by atoms with Crippen molar-refractivity contribution in [1.82, 2.24) is 0 Å². The third kappa shape index (κ3) is 12.8. The zero-order valence-electron chi connectivity index (χ0n) is 17.6. The number of hydrogen-bond acceptors (Lipinski definition) is 4. The van der Waals surface area contributed by atoms with Gasteiger partial charge in [0, 0.05) is 5.92 Å². The number of rotatable bonds is 5. The van der Waals surface area contributed by atoms with E-state index >= 15 is 0 Å². The second kappa shape index (κ2) is 11.5. The topological polar surface area (TPSA) is 36.9 Å². The fourth-order valence-electron chi connectivity index (χ4n) is 3.02. The summed E-state index contributed by atoms with van der Waals surface area (Å²) in [7, 11) is 0. The summed E-state index contributed by atoms with van der Waals surface area (Å²) in [6.45, 7) is 11.9. The lowest BCUT2D eigenvalue weighted by molar-refractivity contribution is -0.506.